The van der Waals surface area contributed by atoms with Gasteiger partial charge in [-0.25, -0.2) is 4.98 Å². The molecule has 3 aromatic rings. The number of para-hydroxylation sites is 1. The Labute approximate surface area is 177 Å². The number of carbonyl (C=O) groups excluding carboxylic acids is 2. The van der Waals surface area contributed by atoms with E-state index in [1.54, 1.807) is 23.4 Å². The van der Waals surface area contributed by atoms with E-state index in [-0.39, 0.29) is 24.2 Å². The Morgan fingerprint density at radius 1 is 1.14 bits per heavy atom. The number of carbonyl (C=O) groups is 2. The molecule has 2 aromatic heterocycles. The Bertz CT molecular complexity index is 1030. The van der Waals surface area contributed by atoms with E-state index in [2.05, 4.69) is 31.2 Å². The average Bonchev–Trinajstić information content (AvgIpc) is 2.75. The van der Waals surface area contributed by atoms with Crippen LogP contribution in [0.3, 0.4) is 0 Å². The number of hydrogen-bond acceptors (Lipinski definition) is 4. The number of aromatic nitrogens is 2. The van der Waals surface area contributed by atoms with E-state index in [1.807, 2.05) is 36.4 Å². The summed E-state index contributed by atoms with van der Waals surface area (Å²) in [4.78, 5) is 36.0. The number of rotatable bonds is 4. The van der Waals surface area contributed by atoms with Gasteiger partial charge in [0.15, 0.2) is 0 Å². The maximum absolute atomic E-state index is 12.9. The van der Waals surface area contributed by atoms with E-state index in [0.29, 0.717) is 18.9 Å². The minimum atomic E-state index is -0.233. The average molecular weight is 453 g/mol. The van der Waals surface area contributed by atoms with Gasteiger partial charge in [-0.05, 0) is 52.5 Å². The van der Waals surface area contributed by atoms with E-state index in [4.69, 9.17) is 0 Å². The SMILES string of the molecule is O=C(Nc1ccc(Br)cn1)C1CCCN(C(=O)Cc2cccc3cccnc23)C1. The molecule has 1 aromatic carbocycles. The zero-order chi connectivity index (χ0) is 20.2. The predicted molar refractivity (Wildman–Crippen MR) is 115 cm³/mol. The van der Waals surface area contributed by atoms with Crippen LogP contribution in [0.4, 0.5) is 5.82 Å². The summed E-state index contributed by atoms with van der Waals surface area (Å²) in [6, 6.07) is 13.4. The summed E-state index contributed by atoms with van der Waals surface area (Å²) in [7, 11) is 0. The molecule has 0 aliphatic carbocycles. The second-order valence-corrected chi connectivity index (χ2v) is 8.11. The van der Waals surface area contributed by atoms with Crippen LogP contribution < -0.4 is 5.32 Å². The van der Waals surface area contributed by atoms with E-state index in [0.717, 1.165) is 33.8 Å². The normalized spacial score (nSPS) is 16.6. The summed E-state index contributed by atoms with van der Waals surface area (Å²) in [6.07, 6.45) is 5.25. The molecule has 1 fully saturated rings. The van der Waals surface area contributed by atoms with Crippen molar-refractivity contribution in [3.8, 4) is 0 Å². The zero-order valence-corrected chi connectivity index (χ0v) is 17.4. The number of anilines is 1. The number of halogens is 1. The van der Waals surface area contributed by atoms with Crippen LogP contribution in [0.25, 0.3) is 10.9 Å². The highest BCUT2D eigenvalue weighted by atomic mass is 79.9. The summed E-state index contributed by atoms with van der Waals surface area (Å²) in [5, 5.41) is 3.88. The van der Waals surface area contributed by atoms with E-state index >= 15 is 0 Å². The molecular formula is C22H21BrN4O2. The van der Waals surface area contributed by atoms with Crippen molar-refractivity contribution < 1.29 is 9.59 Å². The Morgan fingerprint density at radius 2 is 2.00 bits per heavy atom. The van der Waals surface area contributed by atoms with Gasteiger partial charge >= 0.3 is 0 Å². The molecule has 1 aliphatic rings. The summed E-state index contributed by atoms with van der Waals surface area (Å²) < 4.78 is 0.855. The van der Waals surface area contributed by atoms with Crippen LogP contribution in [0.15, 0.2) is 59.3 Å². The maximum atomic E-state index is 12.9. The molecule has 1 aliphatic heterocycles. The molecule has 7 heteroatoms. The summed E-state index contributed by atoms with van der Waals surface area (Å²) in [5.41, 5.74) is 1.77. The molecule has 1 unspecified atom stereocenters. The fraction of sp³-hybridized carbons (Fsp3) is 0.273. The van der Waals surface area contributed by atoms with Gasteiger partial charge < -0.3 is 10.2 Å². The third kappa shape index (κ3) is 4.62. The first-order valence-electron chi connectivity index (χ1n) is 9.63. The van der Waals surface area contributed by atoms with Crippen molar-refractivity contribution in [3.05, 3.63) is 64.9 Å². The van der Waals surface area contributed by atoms with Crippen LogP contribution in [-0.4, -0.2) is 39.8 Å². The second kappa shape index (κ2) is 8.69. The van der Waals surface area contributed by atoms with Crippen LogP contribution in [0.5, 0.6) is 0 Å². The fourth-order valence-electron chi connectivity index (χ4n) is 3.68. The first-order valence-corrected chi connectivity index (χ1v) is 10.4. The largest absolute Gasteiger partial charge is 0.342 e. The molecule has 0 bridgehead atoms. The third-order valence-corrected chi connectivity index (χ3v) is 5.65. The Balaban J connectivity index is 1.41. The van der Waals surface area contributed by atoms with Gasteiger partial charge in [-0.1, -0.05) is 24.3 Å². The summed E-state index contributed by atoms with van der Waals surface area (Å²) >= 11 is 3.33. The van der Waals surface area contributed by atoms with Crippen molar-refractivity contribution in [1.29, 1.82) is 0 Å². The van der Waals surface area contributed by atoms with Crippen molar-refractivity contribution >= 4 is 44.5 Å². The Kier molecular flexibility index (Phi) is 5.85. The number of pyridine rings is 2. The topological polar surface area (TPSA) is 75.2 Å². The van der Waals surface area contributed by atoms with E-state index < -0.39 is 0 Å². The summed E-state index contributed by atoms with van der Waals surface area (Å²) in [6.45, 7) is 1.11. The molecule has 6 nitrogen and oxygen atoms in total. The number of benzene rings is 1. The number of piperidine rings is 1. The monoisotopic (exact) mass is 452 g/mol. The highest BCUT2D eigenvalue weighted by Crippen LogP contribution is 2.22. The maximum Gasteiger partial charge on any atom is 0.230 e. The lowest BCUT2D eigenvalue weighted by Crippen LogP contribution is -2.44. The van der Waals surface area contributed by atoms with Crippen molar-refractivity contribution in [3.63, 3.8) is 0 Å². The van der Waals surface area contributed by atoms with Gasteiger partial charge in [0.05, 0.1) is 17.9 Å². The number of fused-ring (bicyclic) bond motifs is 1. The summed E-state index contributed by atoms with van der Waals surface area (Å²) in [5.74, 6) is 0.221. The number of hydrogen-bond donors (Lipinski definition) is 1. The van der Waals surface area contributed by atoms with Crippen molar-refractivity contribution in [2.75, 3.05) is 18.4 Å². The minimum absolute atomic E-state index is 0.0300. The van der Waals surface area contributed by atoms with E-state index in [9.17, 15) is 9.59 Å². The highest BCUT2D eigenvalue weighted by molar-refractivity contribution is 9.10. The number of amides is 2. The van der Waals surface area contributed by atoms with Crippen LogP contribution in [0.2, 0.25) is 0 Å². The molecule has 0 spiro atoms. The Hall–Kier alpha value is -2.80. The smallest absolute Gasteiger partial charge is 0.230 e. The molecular weight excluding hydrogens is 432 g/mol. The highest BCUT2D eigenvalue weighted by Gasteiger charge is 2.28. The number of nitrogens with one attached hydrogen (secondary N) is 1. The van der Waals surface area contributed by atoms with Crippen molar-refractivity contribution in [1.82, 2.24) is 14.9 Å². The zero-order valence-electron chi connectivity index (χ0n) is 15.8. The van der Waals surface area contributed by atoms with Crippen LogP contribution in [-0.2, 0) is 16.0 Å². The molecule has 29 heavy (non-hydrogen) atoms. The lowest BCUT2D eigenvalue weighted by Gasteiger charge is -2.32. The molecule has 3 heterocycles. The van der Waals surface area contributed by atoms with Crippen LogP contribution in [0.1, 0.15) is 18.4 Å². The minimum Gasteiger partial charge on any atom is -0.342 e. The first-order chi connectivity index (χ1) is 14.1. The molecule has 2 amide bonds. The quantitative estimate of drug-likeness (QED) is 0.652. The lowest BCUT2D eigenvalue weighted by atomic mass is 9.96. The third-order valence-electron chi connectivity index (χ3n) is 5.18. The van der Waals surface area contributed by atoms with Crippen molar-refractivity contribution in [2.45, 2.75) is 19.3 Å². The van der Waals surface area contributed by atoms with Gasteiger partial charge in [-0.2, -0.15) is 0 Å². The molecule has 0 radical (unpaired) electrons. The van der Waals surface area contributed by atoms with Gasteiger partial charge in [0.2, 0.25) is 11.8 Å². The van der Waals surface area contributed by atoms with Crippen molar-refractivity contribution in [2.24, 2.45) is 5.92 Å². The number of nitrogens with zero attached hydrogens (tertiary/aromatic N) is 3. The van der Waals surface area contributed by atoms with Gasteiger partial charge in [-0.3, -0.25) is 14.6 Å². The van der Waals surface area contributed by atoms with Gasteiger partial charge in [-0.15, -0.1) is 0 Å². The fourth-order valence-corrected chi connectivity index (χ4v) is 3.92. The van der Waals surface area contributed by atoms with Crippen LogP contribution >= 0.6 is 15.9 Å². The molecule has 0 saturated carbocycles. The molecule has 4 rings (SSSR count). The second-order valence-electron chi connectivity index (χ2n) is 7.20. The molecule has 1 N–H and O–H groups in total. The first kappa shape index (κ1) is 19.5. The van der Waals surface area contributed by atoms with Gasteiger partial charge in [0, 0.05) is 35.3 Å². The number of likely N-dealkylation sites (tertiary alicyclic amines) is 1. The Morgan fingerprint density at radius 3 is 2.83 bits per heavy atom. The molecule has 148 valence electrons. The van der Waals surface area contributed by atoms with Gasteiger partial charge in [0.1, 0.15) is 5.82 Å². The van der Waals surface area contributed by atoms with Crippen LogP contribution in [0, 0.1) is 5.92 Å². The molecule has 1 saturated heterocycles. The van der Waals surface area contributed by atoms with E-state index in [1.165, 1.54) is 0 Å². The lowest BCUT2D eigenvalue weighted by molar-refractivity contribution is -0.133. The standard InChI is InChI=1S/C22H21BrN4O2/c23-18-8-9-19(25-13-18)26-22(29)17-7-3-11-27(14-17)20(28)12-16-5-1-4-15-6-2-10-24-21(15)16/h1-2,4-6,8-10,13,17H,3,7,11-12,14H2,(H,25,26,29). The molecule has 1 atom stereocenters. The van der Waals surface area contributed by atoms with Gasteiger partial charge in [0.25, 0.3) is 0 Å². The predicted octanol–water partition coefficient (Wildman–Crippen LogP) is 3.81.